The Hall–Kier alpha value is -1.31. The van der Waals surface area contributed by atoms with Gasteiger partial charge in [-0.25, -0.2) is 4.99 Å². The van der Waals surface area contributed by atoms with Gasteiger partial charge in [0.15, 0.2) is 5.96 Å². The van der Waals surface area contributed by atoms with Gasteiger partial charge >= 0.3 is 0 Å². The second-order valence-corrected chi connectivity index (χ2v) is 4.38. The van der Waals surface area contributed by atoms with Gasteiger partial charge in [-0.1, -0.05) is 37.3 Å². The topological polar surface area (TPSA) is 65.5 Å². The summed E-state index contributed by atoms with van der Waals surface area (Å²) in [5, 5.41) is 8.97. The molecular formula is C15H25IN4O. The van der Waals surface area contributed by atoms with Crippen LogP contribution in [0.1, 0.15) is 25.8 Å². The quantitative estimate of drug-likeness (QED) is 0.370. The third-order valence-corrected chi connectivity index (χ3v) is 2.60. The second-order valence-electron chi connectivity index (χ2n) is 4.38. The van der Waals surface area contributed by atoms with Crippen molar-refractivity contribution in [2.24, 2.45) is 4.99 Å². The molecule has 118 valence electrons. The van der Waals surface area contributed by atoms with E-state index in [1.807, 2.05) is 44.2 Å². The van der Waals surface area contributed by atoms with Crippen LogP contribution < -0.4 is 16.0 Å². The van der Waals surface area contributed by atoms with Gasteiger partial charge in [0.1, 0.15) is 0 Å². The van der Waals surface area contributed by atoms with E-state index in [-0.39, 0.29) is 36.4 Å². The highest BCUT2D eigenvalue weighted by Gasteiger charge is 2.02. The Morgan fingerprint density at radius 1 is 1.10 bits per heavy atom. The van der Waals surface area contributed by atoms with E-state index < -0.39 is 0 Å². The molecular weight excluding hydrogens is 379 g/mol. The van der Waals surface area contributed by atoms with Gasteiger partial charge in [-0.15, -0.1) is 24.0 Å². The summed E-state index contributed by atoms with van der Waals surface area (Å²) in [6.07, 6.45) is 0.938. The molecule has 1 aromatic rings. The smallest absolute Gasteiger partial charge is 0.239 e. The first-order chi connectivity index (χ1) is 9.76. The van der Waals surface area contributed by atoms with Gasteiger partial charge in [-0.05, 0) is 18.9 Å². The molecule has 0 aliphatic carbocycles. The minimum absolute atomic E-state index is 0. The maximum Gasteiger partial charge on any atom is 0.239 e. The lowest BCUT2D eigenvalue weighted by molar-refractivity contribution is -0.120. The molecule has 0 unspecified atom stereocenters. The van der Waals surface area contributed by atoms with Crippen LogP contribution in [0, 0.1) is 0 Å². The lowest BCUT2D eigenvalue weighted by atomic mass is 10.2. The lowest BCUT2D eigenvalue weighted by Gasteiger charge is -2.11. The first-order valence-electron chi connectivity index (χ1n) is 7.09. The molecule has 3 N–H and O–H groups in total. The lowest BCUT2D eigenvalue weighted by Crippen LogP contribution is -2.43. The largest absolute Gasteiger partial charge is 0.357 e. The highest BCUT2D eigenvalue weighted by atomic mass is 127. The van der Waals surface area contributed by atoms with E-state index in [1.54, 1.807) is 0 Å². The van der Waals surface area contributed by atoms with E-state index in [2.05, 4.69) is 20.9 Å². The molecule has 1 amide bonds. The average molecular weight is 404 g/mol. The first-order valence-corrected chi connectivity index (χ1v) is 7.09. The molecule has 0 fully saturated rings. The molecule has 0 atom stereocenters. The molecule has 0 saturated heterocycles. The summed E-state index contributed by atoms with van der Waals surface area (Å²) in [5.74, 6) is 0.639. The molecule has 1 aromatic carbocycles. The molecule has 1 rings (SSSR count). The van der Waals surface area contributed by atoms with E-state index >= 15 is 0 Å². The highest BCUT2D eigenvalue weighted by Crippen LogP contribution is 1.99. The Bertz CT molecular complexity index is 423. The summed E-state index contributed by atoms with van der Waals surface area (Å²) < 4.78 is 0. The van der Waals surface area contributed by atoms with Crippen LogP contribution in [0.4, 0.5) is 0 Å². The first kappa shape index (κ1) is 19.7. The monoisotopic (exact) mass is 404 g/mol. The Morgan fingerprint density at radius 3 is 2.43 bits per heavy atom. The molecule has 0 aliphatic rings. The van der Waals surface area contributed by atoms with Gasteiger partial charge in [0.25, 0.3) is 0 Å². The van der Waals surface area contributed by atoms with Gasteiger partial charge in [-0.2, -0.15) is 0 Å². The number of aliphatic imine (C=N–C) groups is 1. The summed E-state index contributed by atoms with van der Waals surface area (Å²) in [4.78, 5) is 16.0. The number of carbonyl (C=O) groups is 1. The number of benzene rings is 1. The third kappa shape index (κ3) is 9.28. The zero-order chi connectivity index (χ0) is 14.6. The predicted molar refractivity (Wildman–Crippen MR) is 98.0 cm³/mol. The molecule has 0 radical (unpaired) electrons. The van der Waals surface area contributed by atoms with E-state index in [9.17, 15) is 4.79 Å². The normalized spacial score (nSPS) is 10.5. The van der Waals surface area contributed by atoms with Crippen molar-refractivity contribution in [2.45, 2.75) is 26.8 Å². The summed E-state index contributed by atoms with van der Waals surface area (Å²) in [7, 11) is 0. The van der Waals surface area contributed by atoms with Gasteiger partial charge in [0.2, 0.25) is 5.91 Å². The van der Waals surface area contributed by atoms with E-state index in [1.165, 1.54) is 0 Å². The van der Waals surface area contributed by atoms with Crippen LogP contribution in [0.3, 0.4) is 0 Å². The number of carbonyl (C=O) groups excluding carboxylic acids is 1. The molecule has 6 heteroatoms. The van der Waals surface area contributed by atoms with Crippen molar-refractivity contribution >= 4 is 35.8 Å². The summed E-state index contributed by atoms with van der Waals surface area (Å²) in [6.45, 7) is 6.32. The van der Waals surface area contributed by atoms with E-state index in [0.717, 1.165) is 18.5 Å². The molecule has 0 bridgehead atoms. The number of amides is 1. The maximum absolute atomic E-state index is 11.5. The van der Waals surface area contributed by atoms with Gasteiger partial charge in [0.05, 0.1) is 13.1 Å². The predicted octanol–water partition coefficient (Wildman–Crippen LogP) is 1.89. The fourth-order valence-corrected chi connectivity index (χ4v) is 1.59. The van der Waals surface area contributed by atoms with Gasteiger partial charge < -0.3 is 16.0 Å². The molecule has 0 saturated carbocycles. The van der Waals surface area contributed by atoms with Crippen LogP contribution in [0.5, 0.6) is 0 Å². The Morgan fingerprint density at radius 2 is 1.81 bits per heavy atom. The van der Waals surface area contributed by atoms with Crippen molar-refractivity contribution in [2.75, 3.05) is 19.6 Å². The molecule has 0 heterocycles. The fraction of sp³-hybridized carbons (Fsp3) is 0.467. The fourth-order valence-electron chi connectivity index (χ4n) is 1.59. The Balaban J connectivity index is 0.00000400. The number of guanidine groups is 1. The minimum atomic E-state index is -0.0165. The highest BCUT2D eigenvalue weighted by molar-refractivity contribution is 14.0. The maximum atomic E-state index is 11.5. The Kier molecular flexibility index (Phi) is 11.7. The number of rotatable bonds is 7. The number of hydrogen-bond acceptors (Lipinski definition) is 2. The summed E-state index contributed by atoms with van der Waals surface area (Å²) >= 11 is 0. The number of halogens is 1. The van der Waals surface area contributed by atoms with Crippen LogP contribution >= 0.6 is 24.0 Å². The van der Waals surface area contributed by atoms with Crippen molar-refractivity contribution in [3.8, 4) is 0 Å². The van der Waals surface area contributed by atoms with Crippen molar-refractivity contribution in [1.29, 1.82) is 0 Å². The van der Waals surface area contributed by atoms with Crippen molar-refractivity contribution in [1.82, 2.24) is 16.0 Å². The SMILES string of the molecule is CCCNC(=O)CNC(=NCc1ccccc1)NCC.I. The molecule has 5 nitrogen and oxygen atoms in total. The van der Waals surface area contributed by atoms with E-state index in [4.69, 9.17) is 0 Å². The molecule has 21 heavy (non-hydrogen) atoms. The second kappa shape index (κ2) is 12.4. The van der Waals surface area contributed by atoms with Crippen molar-refractivity contribution in [3.63, 3.8) is 0 Å². The number of nitrogens with zero attached hydrogens (tertiary/aromatic N) is 1. The zero-order valence-corrected chi connectivity index (χ0v) is 15.0. The zero-order valence-electron chi connectivity index (χ0n) is 12.7. The van der Waals surface area contributed by atoms with Gasteiger partial charge in [-0.3, -0.25) is 4.79 Å². The van der Waals surface area contributed by atoms with E-state index in [0.29, 0.717) is 19.0 Å². The standard InChI is InChI=1S/C15H24N4O.HI/c1-3-10-17-14(20)12-19-15(16-4-2)18-11-13-8-6-5-7-9-13;/h5-9H,3-4,10-12H2,1-2H3,(H,17,20)(H2,16,18,19);1H. The van der Waals surface area contributed by atoms with Crippen molar-refractivity contribution < 1.29 is 4.79 Å². The van der Waals surface area contributed by atoms with Gasteiger partial charge in [0, 0.05) is 13.1 Å². The average Bonchev–Trinajstić information content (AvgIpc) is 2.49. The molecule has 0 aromatic heterocycles. The summed E-state index contributed by atoms with van der Waals surface area (Å²) in [5.41, 5.74) is 1.14. The van der Waals surface area contributed by atoms with Crippen LogP contribution in [0.25, 0.3) is 0 Å². The molecule has 0 spiro atoms. The third-order valence-electron chi connectivity index (χ3n) is 2.60. The van der Waals surface area contributed by atoms with Crippen LogP contribution in [0.2, 0.25) is 0 Å². The molecule has 0 aliphatic heterocycles. The van der Waals surface area contributed by atoms with Crippen LogP contribution in [-0.2, 0) is 11.3 Å². The minimum Gasteiger partial charge on any atom is -0.357 e. The van der Waals surface area contributed by atoms with Crippen LogP contribution in [-0.4, -0.2) is 31.5 Å². The summed E-state index contributed by atoms with van der Waals surface area (Å²) in [6, 6.07) is 10.0. The van der Waals surface area contributed by atoms with Crippen molar-refractivity contribution in [3.05, 3.63) is 35.9 Å². The Labute approximate surface area is 144 Å². The number of nitrogens with one attached hydrogen (secondary N) is 3. The number of hydrogen-bond donors (Lipinski definition) is 3. The van der Waals surface area contributed by atoms with Crippen LogP contribution in [0.15, 0.2) is 35.3 Å².